The van der Waals surface area contributed by atoms with Gasteiger partial charge in [0.25, 0.3) is 0 Å². The zero-order valence-electron chi connectivity index (χ0n) is 9.61. The van der Waals surface area contributed by atoms with Crippen molar-refractivity contribution in [3.63, 3.8) is 0 Å². The number of alkyl halides is 3. The second kappa shape index (κ2) is 5.02. The molecule has 0 unspecified atom stereocenters. The Morgan fingerprint density at radius 3 is 2.11 bits per heavy atom. The molecule has 0 aliphatic heterocycles. The Kier molecular flexibility index (Phi) is 3.43. The normalized spacial score (nSPS) is 10.8. The summed E-state index contributed by atoms with van der Waals surface area (Å²) in [4.78, 5) is 0. The third kappa shape index (κ3) is 2.86. The van der Waals surface area contributed by atoms with Crippen LogP contribution < -0.4 is 4.74 Å². The van der Waals surface area contributed by atoms with E-state index in [1.54, 1.807) is 12.1 Å². The summed E-state index contributed by atoms with van der Waals surface area (Å²) in [5, 5.41) is 8.87. The lowest BCUT2D eigenvalue weighted by Crippen LogP contribution is -2.07. The molecule has 0 atom stereocenters. The van der Waals surface area contributed by atoms with E-state index in [4.69, 9.17) is 10.00 Å². The Bertz CT molecular complexity index is 629. The van der Waals surface area contributed by atoms with Gasteiger partial charge in [-0.05, 0) is 24.3 Å². The number of nitrogens with zero attached hydrogens (tertiary/aromatic N) is 1. The van der Waals surface area contributed by atoms with Gasteiger partial charge in [-0.2, -0.15) is 18.4 Å². The van der Waals surface area contributed by atoms with Crippen LogP contribution in [0.1, 0.15) is 11.1 Å². The van der Waals surface area contributed by atoms with Crippen molar-refractivity contribution in [1.29, 1.82) is 5.26 Å². The summed E-state index contributed by atoms with van der Waals surface area (Å²) in [7, 11) is 0. The second-order valence-electron chi connectivity index (χ2n) is 3.70. The van der Waals surface area contributed by atoms with E-state index in [2.05, 4.69) is 0 Å². The lowest BCUT2D eigenvalue weighted by molar-refractivity contribution is -0.138. The molecule has 0 spiro atoms. The van der Waals surface area contributed by atoms with Gasteiger partial charge in [0.05, 0.1) is 11.1 Å². The molecule has 0 aliphatic carbocycles. The number of halogens is 3. The molecule has 2 aromatic carbocycles. The van der Waals surface area contributed by atoms with E-state index in [9.17, 15) is 13.2 Å². The molecule has 2 aromatic rings. The monoisotopic (exact) mass is 263 g/mol. The van der Waals surface area contributed by atoms with E-state index in [-0.39, 0.29) is 17.1 Å². The molecule has 2 rings (SSSR count). The third-order valence-corrected chi connectivity index (χ3v) is 2.42. The number of para-hydroxylation sites is 2. The molecule has 19 heavy (non-hydrogen) atoms. The average molecular weight is 263 g/mol. The molecular weight excluding hydrogens is 255 g/mol. The van der Waals surface area contributed by atoms with Crippen LogP contribution in [0, 0.1) is 11.3 Å². The summed E-state index contributed by atoms with van der Waals surface area (Å²) in [5.41, 5.74) is -0.692. The minimum atomic E-state index is -4.50. The molecule has 0 aliphatic rings. The van der Waals surface area contributed by atoms with Crippen LogP contribution in [0.25, 0.3) is 0 Å². The summed E-state index contributed by atoms with van der Waals surface area (Å²) in [6.07, 6.45) is -4.50. The molecule has 0 amide bonds. The van der Waals surface area contributed by atoms with Crippen LogP contribution in [0.5, 0.6) is 11.5 Å². The van der Waals surface area contributed by atoms with Crippen LogP contribution in [-0.4, -0.2) is 0 Å². The smallest absolute Gasteiger partial charge is 0.419 e. The highest BCUT2D eigenvalue weighted by molar-refractivity contribution is 5.47. The van der Waals surface area contributed by atoms with E-state index < -0.39 is 11.7 Å². The van der Waals surface area contributed by atoms with Crippen LogP contribution in [-0.2, 0) is 6.18 Å². The molecule has 0 saturated carbocycles. The fourth-order valence-electron chi connectivity index (χ4n) is 1.56. The van der Waals surface area contributed by atoms with E-state index >= 15 is 0 Å². The fourth-order valence-corrected chi connectivity index (χ4v) is 1.56. The lowest BCUT2D eigenvalue weighted by atomic mass is 10.2. The Balaban J connectivity index is 2.43. The van der Waals surface area contributed by atoms with Crippen molar-refractivity contribution in [1.82, 2.24) is 0 Å². The number of hydrogen-bond acceptors (Lipinski definition) is 2. The van der Waals surface area contributed by atoms with E-state index in [0.717, 1.165) is 6.07 Å². The van der Waals surface area contributed by atoms with Crippen molar-refractivity contribution in [2.45, 2.75) is 6.18 Å². The van der Waals surface area contributed by atoms with Gasteiger partial charge in [0.2, 0.25) is 0 Å². The Hall–Kier alpha value is -2.48. The highest BCUT2D eigenvalue weighted by Crippen LogP contribution is 2.38. The zero-order chi connectivity index (χ0) is 13.9. The van der Waals surface area contributed by atoms with Crippen LogP contribution in [0.4, 0.5) is 13.2 Å². The standard InChI is InChI=1S/C14H8F3NO/c15-14(16,17)11-6-2-4-8-13(11)19-12-7-3-1-5-10(12)9-18/h1-8H. The van der Waals surface area contributed by atoms with Crippen LogP contribution >= 0.6 is 0 Å². The summed E-state index contributed by atoms with van der Waals surface area (Å²) in [5.74, 6) is -0.223. The first-order valence-corrected chi connectivity index (χ1v) is 5.35. The molecule has 96 valence electrons. The van der Waals surface area contributed by atoms with E-state index in [1.807, 2.05) is 6.07 Å². The Labute approximate surface area is 107 Å². The van der Waals surface area contributed by atoms with Crippen molar-refractivity contribution in [2.24, 2.45) is 0 Å². The van der Waals surface area contributed by atoms with Gasteiger partial charge in [-0.1, -0.05) is 24.3 Å². The zero-order valence-corrected chi connectivity index (χ0v) is 9.61. The number of rotatable bonds is 2. The quantitative estimate of drug-likeness (QED) is 0.806. The molecule has 0 bridgehead atoms. The molecule has 0 aromatic heterocycles. The van der Waals surface area contributed by atoms with E-state index in [0.29, 0.717) is 0 Å². The lowest BCUT2D eigenvalue weighted by Gasteiger charge is -2.13. The molecule has 0 radical (unpaired) electrons. The summed E-state index contributed by atoms with van der Waals surface area (Å²) in [6.45, 7) is 0. The third-order valence-electron chi connectivity index (χ3n) is 2.42. The second-order valence-corrected chi connectivity index (χ2v) is 3.70. The molecule has 2 nitrogen and oxygen atoms in total. The number of nitriles is 1. The maximum absolute atomic E-state index is 12.8. The molecule has 0 N–H and O–H groups in total. The van der Waals surface area contributed by atoms with Gasteiger partial charge >= 0.3 is 6.18 Å². The van der Waals surface area contributed by atoms with Gasteiger partial charge in [-0.15, -0.1) is 0 Å². The van der Waals surface area contributed by atoms with Gasteiger partial charge in [0.15, 0.2) is 0 Å². The van der Waals surface area contributed by atoms with Gasteiger partial charge in [-0.25, -0.2) is 0 Å². The molecule has 0 heterocycles. The van der Waals surface area contributed by atoms with Crippen molar-refractivity contribution in [3.8, 4) is 17.6 Å². The first-order valence-electron chi connectivity index (χ1n) is 5.35. The minimum absolute atomic E-state index is 0.0988. The molecular formula is C14H8F3NO. The van der Waals surface area contributed by atoms with Crippen LogP contribution in [0.2, 0.25) is 0 Å². The van der Waals surface area contributed by atoms with Crippen molar-refractivity contribution in [2.75, 3.05) is 0 Å². The highest BCUT2D eigenvalue weighted by Gasteiger charge is 2.34. The molecule has 0 fully saturated rings. The number of benzene rings is 2. The highest BCUT2D eigenvalue weighted by atomic mass is 19.4. The maximum atomic E-state index is 12.8. The van der Waals surface area contributed by atoms with Crippen LogP contribution in [0.3, 0.4) is 0 Å². The largest absolute Gasteiger partial charge is 0.455 e. The number of ether oxygens (including phenoxy) is 1. The average Bonchev–Trinajstić information content (AvgIpc) is 2.39. The minimum Gasteiger partial charge on any atom is -0.455 e. The van der Waals surface area contributed by atoms with Gasteiger partial charge in [0.1, 0.15) is 17.6 Å². The molecule has 5 heteroatoms. The Morgan fingerprint density at radius 2 is 1.47 bits per heavy atom. The topological polar surface area (TPSA) is 33.0 Å². The van der Waals surface area contributed by atoms with Crippen molar-refractivity contribution in [3.05, 3.63) is 59.7 Å². The predicted molar refractivity (Wildman–Crippen MR) is 62.7 cm³/mol. The summed E-state index contributed by atoms with van der Waals surface area (Å²) in [6, 6.07) is 12.9. The number of hydrogen-bond donors (Lipinski definition) is 0. The van der Waals surface area contributed by atoms with Gasteiger partial charge < -0.3 is 4.74 Å². The van der Waals surface area contributed by atoms with Crippen LogP contribution in [0.15, 0.2) is 48.5 Å². The maximum Gasteiger partial charge on any atom is 0.419 e. The summed E-state index contributed by atoms with van der Waals surface area (Å²) >= 11 is 0. The predicted octanol–water partition coefficient (Wildman–Crippen LogP) is 4.37. The first-order chi connectivity index (χ1) is 9.02. The summed E-state index contributed by atoms with van der Waals surface area (Å²) < 4.78 is 43.6. The van der Waals surface area contributed by atoms with Crippen molar-refractivity contribution >= 4 is 0 Å². The van der Waals surface area contributed by atoms with Gasteiger partial charge in [0, 0.05) is 0 Å². The molecule has 0 saturated heterocycles. The van der Waals surface area contributed by atoms with E-state index in [1.165, 1.54) is 30.3 Å². The fraction of sp³-hybridized carbons (Fsp3) is 0.0714. The SMILES string of the molecule is N#Cc1ccccc1Oc1ccccc1C(F)(F)F. The van der Waals surface area contributed by atoms with Gasteiger partial charge in [-0.3, -0.25) is 0 Å². The van der Waals surface area contributed by atoms with Crippen molar-refractivity contribution < 1.29 is 17.9 Å². The first kappa shape index (κ1) is 13.0. The Morgan fingerprint density at radius 1 is 0.895 bits per heavy atom.